The number of methoxy groups -OCH3 is 2. The lowest BCUT2D eigenvalue weighted by Crippen LogP contribution is -2.12. The Kier molecular flexibility index (Phi) is 4.83. The van der Waals surface area contributed by atoms with Crippen LogP contribution in [0.15, 0.2) is 42.5 Å². The van der Waals surface area contributed by atoms with Gasteiger partial charge in [-0.15, -0.1) is 0 Å². The Morgan fingerprint density at radius 2 is 1.67 bits per heavy atom. The Hall–Kier alpha value is -2.04. The van der Waals surface area contributed by atoms with Gasteiger partial charge in [0.25, 0.3) is 0 Å². The third-order valence-corrected chi connectivity index (χ3v) is 3.35. The van der Waals surface area contributed by atoms with Crippen LogP contribution >= 0.6 is 11.6 Å². The zero-order valence-electron chi connectivity index (χ0n) is 11.7. The summed E-state index contributed by atoms with van der Waals surface area (Å²) in [6.07, 6.45) is -1.25. The van der Waals surface area contributed by atoms with Gasteiger partial charge in [-0.1, -0.05) is 23.7 Å². The van der Waals surface area contributed by atoms with Gasteiger partial charge in [0.15, 0.2) is 17.3 Å². The first-order valence-corrected chi connectivity index (χ1v) is 6.64. The van der Waals surface area contributed by atoms with Crippen LogP contribution in [-0.4, -0.2) is 25.1 Å². The van der Waals surface area contributed by atoms with Gasteiger partial charge in [0.05, 0.1) is 14.2 Å². The maximum atomic E-state index is 12.3. The minimum Gasteiger partial charge on any atom is -0.493 e. The van der Waals surface area contributed by atoms with Gasteiger partial charge in [-0.25, -0.2) is 0 Å². The van der Waals surface area contributed by atoms with E-state index in [0.29, 0.717) is 27.6 Å². The molecular formula is C16H15ClO4. The molecule has 0 aromatic heterocycles. The Morgan fingerprint density at radius 1 is 1.05 bits per heavy atom. The number of halogens is 1. The summed E-state index contributed by atoms with van der Waals surface area (Å²) < 4.78 is 10.3. The molecule has 0 aliphatic heterocycles. The molecule has 0 aliphatic carbocycles. The molecule has 110 valence electrons. The first kappa shape index (κ1) is 15.4. The number of aliphatic hydroxyl groups excluding tert-OH is 1. The fraction of sp³-hybridized carbons (Fsp3) is 0.188. The second-order valence-electron chi connectivity index (χ2n) is 4.39. The summed E-state index contributed by atoms with van der Waals surface area (Å²) in [7, 11) is 3.00. The Balaban J connectivity index is 2.29. The van der Waals surface area contributed by atoms with Crippen molar-refractivity contribution in [3.05, 3.63) is 58.6 Å². The van der Waals surface area contributed by atoms with Gasteiger partial charge in [-0.3, -0.25) is 4.79 Å². The summed E-state index contributed by atoms with van der Waals surface area (Å²) >= 11 is 5.79. The van der Waals surface area contributed by atoms with Crippen LogP contribution in [0, 0.1) is 0 Å². The number of carbonyl (C=O) groups excluding carboxylic acids is 1. The molecule has 2 aromatic rings. The zero-order chi connectivity index (χ0) is 15.4. The lowest BCUT2D eigenvalue weighted by molar-refractivity contribution is 0.0747. The standard InChI is InChI=1S/C16H15ClO4/c1-20-13-8-5-11(9-14(13)21-2)16(19)15(18)10-3-6-12(17)7-4-10/h3-9,15,18H,1-2H3. The number of ketones is 1. The minimum atomic E-state index is -1.25. The monoisotopic (exact) mass is 306 g/mol. The number of aliphatic hydroxyl groups is 1. The largest absolute Gasteiger partial charge is 0.493 e. The van der Waals surface area contributed by atoms with E-state index in [1.54, 1.807) is 42.5 Å². The van der Waals surface area contributed by atoms with Crippen molar-refractivity contribution in [2.24, 2.45) is 0 Å². The van der Waals surface area contributed by atoms with Gasteiger partial charge in [0.1, 0.15) is 6.10 Å². The summed E-state index contributed by atoms with van der Waals surface area (Å²) in [6.45, 7) is 0. The molecule has 0 bridgehead atoms. The molecule has 1 atom stereocenters. The average Bonchev–Trinajstić information content (AvgIpc) is 2.53. The van der Waals surface area contributed by atoms with Gasteiger partial charge in [-0.05, 0) is 35.9 Å². The normalized spacial score (nSPS) is 11.8. The quantitative estimate of drug-likeness (QED) is 0.861. The van der Waals surface area contributed by atoms with Gasteiger partial charge >= 0.3 is 0 Å². The zero-order valence-corrected chi connectivity index (χ0v) is 12.4. The highest BCUT2D eigenvalue weighted by molar-refractivity contribution is 6.30. The molecule has 2 aromatic carbocycles. The molecule has 5 heteroatoms. The molecule has 21 heavy (non-hydrogen) atoms. The molecule has 0 fully saturated rings. The number of Topliss-reactive ketones (excluding diaryl/α,β-unsaturated/α-hetero) is 1. The third-order valence-electron chi connectivity index (χ3n) is 3.10. The molecule has 0 aliphatic rings. The first-order chi connectivity index (χ1) is 10.1. The van der Waals surface area contributed by atoms with Crippen LogP contribution in [0.5, 0.6) is 11.5 Å². The Morgan fingerprint density at radius 3 is 2.24 bits per heavy atom. The highest BCUT2D eigenvalue weighted by atomic mass is 35.5. The van der Waals surface area contributed by atoms with Crippen molar-refractivity contribution in [3.8, 4) is 11.5 Å². The van der Waals surface area contributed by atoms with Gasteiger partial charge in [0, 0.05) is 10.6 Å². The Bertz CT molecular complexity index is 637. The maximum absolute atomic E-state index is 12.3. The van der Waals surface area contributed by atoms with Crippen molar-refractivity contribution in [2.75, 3.05) is 14.2 Å². The van der Waals surface area contributed by atoms with Crippen LogP contribution in [0.1, 0.15) is 22.0 Å². The Labute approximate surface area is 127 Å². The van der Waals surface area contributed by atoms with E-state index in [9.17, 15) is 9.90 Å². The first-order valence-electron chi connectivity index (χ1n) is 6.26. The average molecular weight is 307 g/mol. The molecule has 0 heterocycles. The predicted molar refractivity (Wildman–Crippen MR) is 80.3 cm³/mol. The lowest BCUT2D eigenvalue weighted by atomic mass is 10.00. The number of rotatable bonds is 5. The second kappa shape index (κ2) is 6.61. The predicted octanol–water partition coefficient (Wildman–Crippen LogP) is 3.27. The van der Waals surface area contributed by atoms with Crippen molar-refractivity contribution in [2.45, 2.75) is 6.10 Å². The van der Waals surface area contributed by atoms with E-state index in [1.165, 1.54) is 14.2 Å². The van der Waals surface area contributed by atoms with Crippen LogP contribution in [-0.2, 0) is 0 Å². The topological polar surface area (TPSA) is 55.8 Å². The molecule has 4 nitrogen and oxygen atoms in total. The molecule has 0 amide bonds. The van der Waals surface area contributed by atoms with Gasteiger partial charge < -0.3 is 14.6 Å². The number of ether oxygens (including phenoxy) is 2. The van der Waals surface area contributed by atoms with Crippen molar-refractivity contribution >= 4 is 17.4 Å². The summed E-state index contributed by atoms with van der Waals surface area (Å²) in [5, 5.41) is 10.7. The van der Waals surface area contributed by atoms with Crippen LogP contribution in [0.3, 0.4) is 0 Å². The summed E-state index contributed by atoms with van der Waals surface area (Å²) in [5.74, 6) is 0.542. The summed E-state index contributed by atoms with van der Waals surface area (Å²) in [4.78, 5) is 12.3. The number of benzene rings is 2. The SMILES string of the molecule is COc1ccc(C(=O)C(O)c2ccc(Cl)cc2)cc1OC. The minimum absolute atomic E-state index is 0.343. The van der Waals surface area contributed by atoms with E-state index < -0.39 is 11.9 Å². The molecule has 0 radical (unpaired) electrons. The van der Waals surface area contributed by atoms with E-state index >= 15 is 0 Å². The highest BCUT2D eigenvalue weighted by Gasteiger charge is 2.20. The third kappa shape index (κ3) is 3.35. The lowest BCUT2D eigenvalue weighted by Gasteiger charge is -2.12. The molecule has 0 saturated carbocycles. The van der Waals surface area contributed by atoms with Crippen molar-refractivity contribution in [1.29, 1.82) is 0 Å². The maximum Gasteiger partial charge on any atom is 0.195 e. The van der Waals surface area contributed by atoms with Crippen molar-refractivity contribution in [1.82, 2.24) is 0 Å². The van der Waals surface area contributed by atoms with E-state index in [2.05, 4.69) is 0 Å². The molecule has 1 unspecified atom stereocenters. The van der Waals surface area contributed by atoms with Crippen LogP contribution < -0.4 is 9.47 Å². The summed E-state index contributed by atoms with van der Waals surface area (Å²) in [6, 6.07) is 11.2. The van der Waals surface area contributed by atoms with E-state index in [-0.39, 0.29) is 0 Å². The molecule has 0 saturated heterocycles. The molecule has 2 rings (SSSR count). The fourth-order valence-corrected chi connectivity index (χ4v) is 2.07. The molecular weight excluding hydrogens is 292 g/mol. The molecule has 0 spiro atoms. The van der Waals surface area contributed by atoms with E-state index in [0.717, 1.165) is 0 Å². The molecule has 1 N–H and O–H groups in total. The van der Waals surface area contributed by atoms with Crippen LogP contribution in [0.25, 0.3) is 0 Å². The smallest absolute Gasteiger partial charge is 0.195 e. The second-order valence-corrected chi connectivity index (χ2v) is 4.82. The number of hydrogen-bond donors (Lipinski definition) is 1. The fourth-order valence-electron chi connectivity index (χ4n) is 1.94. The highest BCUT2D eigenvalue weighted by Crippen LogP contribution is 2.29. The van der Waals surface area contributed by atoms with Gasteiger partial charge in [-0.2, -0.15) is 0 Å². The van der Waals surface area contributed by atoms with Crippen LogP contribution in [0.4, 0.5) is 0 Å². The van der Waals surface area contributed by atoms with Gasteiger partial charge in [0.2, 0.25) is 0 Å². The van der Waals surface area contributed by atoms with E-state index in [1.807, 2.05) is 0 Å². The van der Waals surface area contributed by atoms with Crippen LogP contribution in [0.2, 0.25) is 5.02 Å². The van der Waals surface area contributed by atoms with Crippen molar-refractivity contribution in [3.63, 3.8) is 0 Å². The number of carbonyl (C=O) groups is 1. The number of hydrogen-bond acceptors (Lipinski definition) is 4. The van der Waals surface area contributed by atoms with Crippen molar-refractivity contribution < 1.29 is 19.4 Å². The van der Waals surface area contributed by atoms with E-state index in [4.69, 9.17) is 21.1 Å². The summed E-state index contributed by atoms with van der Waals surface area (Å²) in [5.41, 5.74) is 0.828.